The second kappa shape index (κ2) is 4.76. The van der Waals surface area contributed by atoms with Crippen LogP contribution >= 0.6 is 0 Å². The molecule has 0 amide bonds. The average Bonchev–Trinajstić information content (AvgIpc) is 2.93. The summed E-state index contributed by atoms with van der Waals surface area (Å²) in [5.41, 5.74) is 2.32. The van der Waals surface area contributed by atoms with Crippen LogP contribution in [0.2, 0.25) is 0 Å². The topological polar surface area (TPSA) is 24.9 Å². The van der Waals surface area contributed by atoms with E-state index in [4.69, 9.17) is 0 Å². The molecule has 0 atom stereocenters. The minimum atomic E-state index is -0.842. The van der Waals surface area contributed by atoms with Gasteiger partial charge in [-0.05, 0) is 25.0 Å². The molecule has 4 heteroatoms. The fraction of sp³-hybridized carbons (Fsp3) is 0.400. The largest absolute Gasteiger partial charge is 0.388 e. The first-order valence-corrected chi connectivity index (χ1v) is 6.66. The van der Waals surface area contributed by atoms with Gasteiger partial charge in [0.25, 0.3) is 0 Å². The summed E-state index contributed by atoms with van der Waals surface area (Å²) in [7, 11) is 1.79. The average molecular weight is 262 g/mol. The number of nitrogens with zero attached hydrogens (tertiary/aromatic N) is 1. The van der Waals surface area contributed by atoms with E-state index in [0.717, 1.165) is 24.2 Å². The molecule has 0 saturated heterocycles. The summed E-state index contributed by atoms with van der Waals surface area (Å²) in [6, 6.07) is 4.36. The molecule has 0 aliphatic heterocycles. The van der Waals surface area contributed by atoms with Crippen LogP contribution < -0.4 is 5.32 Å². The number of pyridine rings is 1. The van der Waals surface area contributed by atoms with Gasteiger partial charge in [-0.25, -0.2) is 8.78 Å². The summed E-state index contributed by atoms with van der Waals surface area (Å²) < 4.78 is 26.7. The summed E-state index contributed by atoms with van der Waals surface area (Å²) in [6.45, 7) is 0. The molecule has 1 aromatic heterocycles. The summed E-state index contributed by atoms with van der Waals surface area (Å²) in [5.74, 6) is -1.23. The number of aromatic nitrogens is 1. The minimum absolute atomic E-state index is 0.449. The van der Waals surface area contributed by atoms with Crippen molar-refractivity contribution in [1.29, 1.82) is 0 Å². The summed E-state index contributed by atoms with van der Waals surface area (Å²) in [4.78, 5) is 4.52. The predicted molar refractivity (Wildman–Crippen MR) is 72.4 cm³/mol. The summed E-state index contributed by atoms with van der Waals surface area (Å²) in [6.07, 6.45) is 4.70. The lowest BCUT2D eigenvalue weighted by atomic mass is 10.0. The lowest BCUT2D eigenvalue weighted by Crippen LogP contribution is -2.01. The highest BCUT2D eigenvalue weighted by atomic mass is 19.2. The number of hydrogen-bond donors (Lipinski definition) is 1. The molecule has 1 aliphatic rings. The van der Waals surface area contributed by atoms with Crippen LogP contribution in [0, 0.1) is 11.6 Å². The van der Waals surface area contributed by atoms with Crippen LogP contribution in [0.1, 0.15) is 37.3 Å². The van der Waals surface area contributed by atoms with E-state index in [1.807, 2.05) is 6.07 Å². The highest BCUT2D eigenvalue weighted by Crippen LogP contribution is 2.36. The molecule has 0 spiro atoms. The first-order valence-electron chi connectivity index (χ1n) is 6.66. The van der Waals surface area contributed by atoms with Crippen LogP contribution in [0.25, 0.3) is 10.9 Å². The standard InChI is InChI=1S/C15H16F2N2/c1-18-14-8-13(9-4-2-3-5-9)19-15-7-12(17)11(16)6-10(14)15/h6-9H,2-5H2,1H3,(H,18,19). The number of fused-ring (bicyclic) bond motifs is 1. The van der Waals surface area contributed by atoms with Gasteiger partial charge in [0.2, 0.25) is 0 Å². The highest BCUT2D eigenvalue weighted by molar-refractivity contribution is 5.91. The molecule has 0 unspecified atom stereocenters. The zero-order chi connectivity index (χ0) is 13.4. The zero-order valence-corrected chi connectivity index (χ0v) is 10.8. The molecule has 1 aliphatic carbocycles. The van der Waals surface area contributed by atoms with Crippen LogP contribution in [0.5, 0.6) is 0 Å². The number of rotatable bonds is 2. The normalized spacial score (nSPS) is 16.2. The monoisotopic (exact) mass is 262 g/mol. The molecule has 2 aromatic rings. The Labute approximate surface area is 110 Å². The maximum Gasteiger partial charge on any atom is 0.161 e. The molecule has 19 heavy (non-hydrogen) atoms. The molecule has 1 saturated carbocycles. The van der Waals surface area contributed by atoms with E-state index in [2.05, 4.69) is 10.3 Å². The Morgan fingerprint density at radius 1 is 1.11 bits per heavy atom. The first kappa shape index (κ1) is 12.3. The van der Waals surface area contributed by atoms with Gasteiger partial charge in [0.1, 0.15) is 0 Å². The molecular formula is C15H16F2N2. The van der Waals surface area contributed by atoms with Gasteiger partial charge in [-0.15, -0.1) is 0 Å². The van der Waals surface area contributed by atoms with Crippen LogP contribution in [-0.4, -0.2) is 12.0 Å². The van der Waals surface area contributed by atoms with Crippen molar-refractivity contribution >= 4 is 16.6 Å². The SMILES string of the molecule is CNc1cc(C2CCCC2)nc2cc(F)c(F)cc12. The van der Waals surface area contributed by atoms with E-state index in [-0.39, 0.29) is 0 Å². The number of benzene rings is 1. The molecular weight excluding hydrogens is 246 g/mol. The van der Waals surface area contributed by atoms with Gasteiger partial charge < -0.3 is 5.32 Å². The summed E-state index contributed by atoms with van der Waals surface area (Å²) in [5, 5.41) is 3.68. The maximum atomic E-state index is 13.4. The van der Waals surface area contributed by atoms with Crippen molar-refractivity contribution in [3.8, 4) is 0 Å². The minimum Gasteiger partial charge on any atom is -0.388 e. The van der Waals surface area contributed by atoms with Crippen LogP contribution in [0.3, 0.4) is 0 Å². The Kier molecular flexibility index (Phi) is 3.09. The Morgan fingerprint density at radius 3 is 2.47 bits per heavy atom. The molecule has 0 radical (unpaired) electrons. The second-order valence-corrected chi connectivity index (χ2v) is 5.11. The van der Waals surface area contributed by atoms with Gasteiger partial charge in [0.15, 0.2) is 11.6 Å². The van der Waals surface area contributed by atoms with Crippen molar-refractivity contribution in [2.45, 2.75) is 31.6 Å². The van der Waals surface area contributed by atoms with E-state index in [9.17, 15) is 8.78 Å². The van der Waals surface area contributed by atoms with Gasteiger partial charge in [-0.1, -0.05) is 12.8 Å². The molecule has 0 bridgehead atoms. The van der Waals surface area contributed by atoms with Gasteiger partial charge in [-0.2, -0.15) is 0 Å². The van der Waals surface area contributed by atoms with Crippen LogP contribution in [0.4, 0.5) is 14.5 Å². The quantitative estimate of drug-likeness (QED) is 0.876. The number of halogens is 2. The van der Waals surface area contributed by atoms with Crippen molar-refractivity contribution in [3.63, 3.8) is 0 Å². The van der Waals surface area contributed by atoms with Crippen molar-refractivity contribution in [3.05, 3.63) is 35.5 Å². The van der Waals surface area contributed by atoms with Gasteiger partial charge in [0.05, 0.1) is 5.52 Å². The lowest BCUT2D eigenvalue weighted by Gasteiger charge is -2.13. The van der Waals surface area contributed by atoms with E-state index in [0.29, 0.717) is 16.8 Å². The fourth-order valence-electron chi connectivity index (χ4n) is 2.88. The fourth-order valence-corrected chi connectivity index (χ4v) is 2.88. The number of nitrogens with one attached hydrogen (secondary N) is 1. The third-order valence-corrected chi connectivity index (χ3v) is 3.91. The molecule has 1 N–H and O–H groups in total. The Balaban J connectivity index is 2.18. The van der Waals surface area contributed by atoms with Crippen molar-refractivity contribution in [2.75, 3.05) is 12.4 Å². The number of hydrogen-bond acceptors (Lipinski definition) is 2. The number of anilines is 1. The Hall–Kier alpha value is -1.71. The van der Waals surface area contributed by atoms with E-state index in [1.165, 1.54) is 25.0 Å². The first-order chi connectivity index (χ1) is 9.19. The van der Waals surface area contributed by atoms with E-state index in [1.54, 1.807) is 7.05 Å². The van der Waals surface area contributed by atoms with Crippen molar-refractivity contribution < 1.29 is 8.78 Å². The Bertz CT molecular complexity index is 619. The molecule has 1 aromatic carbocycles. The maximum absolute atomic E-state index is 13.4. The Morgan fingerprint density at radius 2 is 1.79 bits per heavy atom. The van der Waals surface area contributed by atoms with Gasteiger partial charge >= 0.3 is 0 Å². The zero-order valence-electron chi connectivity index (χ0n) is 10.8. The van der Waals surface area contributed by atoms with Crippen molar-refractivity contribution in [1.82, 2.24) is 4.98 Å². The van der Waals surface area contributed by atoms with Gasteiger partial charge in [-0.3, -0.25) is 4.98 Å². The molecule has 2 nitrogen and oxygen atoms in total. The molecule has 1 fully saturated rings. The van der Waals surface area contributed by atoms with Gasteiger partial charge in [0, 0.05) is 35.8 Å². The molecule has 1 heterocycles. The highest BCUT2D eigenvalue weighted by Gasteiger charge is 2.20. The third-order valence-electron chi connectivity index (χ3n) is 3.91. The van der Waals surface area contributed by atoms with E-state index < -0.39 is 11.6 Å². The lowest BCUT2D eigenvalue weighted by molar-refractivity contribution is 0.510. The summed E-state index contributed by atoms with van der Waals surface area (Å²) >= 11 is 0. The predicted octanol–water partition coefficient (Wildman–Crippen LogP) is 4.21. The van der Waals surface area contributed by atoms with Crippen LogP contribution in [-0.2, 0) is 0 Å². The molecule has 3 rings (SSSR count). The van der Waals surface area contributed by atoms with Crippen LogP contribution in [0.15, 0.2) is 18.2 Å². The second-order valence-electron chi connectivity index (χ2n) is 5.11. The van der Waals surface area contributed by atoms with E-state index >= 15 is 0 Å². The smallest absolute Gasteiger partial charge is 0.161 e. The molecule has 100 valence electrons. The van der Waals surface area contributed by atoms with Crippen molar-refractivity contribution in [2.24, 2.45) is 0 Å². The third kappa shape index (κ3) is 2.15.